The van der Waals surface area contributed by atoms with Crippen LogP contribution in [0.2, 0.25) is 0 Å². The molecule has 0 fully saturated rings. The van der Waals surface area contributed by atoms with Crippen LogP contribution >= 0.6 is 11.3 Å². The lowest BCUT2D eigenvalue weighted by molar-refractivity contribution is -0.325. The van der Waals surface area contributed by atoms with E-state index in [4.69, 9.17) is 0 Å². The largest absolute Gasteiger partial charge is 0.522 e. The number of carboxylic acids is 1. The first kappa shape index (κ1) is 22.0. The van der Waals surface area contributed by atoms with Gasteiger partial charge in [-0.15, -0.1) is 24.5 Å². The van der Waals surface area contributed by atoms with Crippen molar-refractivity contribution in [2.75, 3.05) is 6.61 Å². The Morgan fingerprint density at radius 2 is 1.82 bits per heavy atom. The highest BCUT2D eigenvalue weighted by molar-refractivity contribution is 7.20. The Balaban J connectivity index is 2.82. The molecule has 0 unspecified atom stereocenters. The molecule has 0 aliphatic carbocycles. The van der Waals surface area contributed by atoms with Gasteiger partial charge in [-0.3, -0.25) is 18.7 Å². The molecule has 0 saturated heterocycles. The van der Waals surface area contributed by atoms with Crippen LogP contribution in [-0.4, -0.2) is 33.2 Å². The number of rotatable bonds is 7. The number of nitrogens with zero attached hydrogens (tertiary/aromatic N) is 2. The highest BCUT2D eigenvalue weighted by Gasteiger charge is 2.31. The molecule has 0 spiro atoms. The molecular formula is C15H15F5N2O5S. The summed E-state index contributed by atoms with van der Waals surface area (Å²) in [6.07, 6.45) is -8.32. The quantitative estimate of drug-likeness (QED) is 0.682. The van der Waals surface area contributed by atoms with E-state index in [1.807, 2.05) is 0 Å². The smallest absolute Gasteiger partial charge is 0.477 e. The Morgan fingerprint density at radius 3 is 2.29 bits per heavy atom. The molecule has 0 aromatic carbocycles. The fourth-order valence-corrected chi connectivity index (χ4v) is 3.79. The number of thiophene rings is 1. The summed E-state index contributed by atoms with van der Waals surface area (Å²) in [4.78, 5) is 35.3. The first-order chi connectivity index (χ1) is 12.8. The fourth-order valence-electron chi connectivity index (χ4n) is 2.63. The second-order valence-corrected chi connectivity index (χ2v) is 7.17. The summed E-state index contributed by atoms with van der Waals surface area (Å²) in [5, 5.41) is 8.48. The number of fused-ring (bicyclic) bond motifs is 1. The number of hydrogen-bond acceptors (Lipinski definition) is 5. The van der Waals surface area contributed by atoms with Crippen molar-refractivity contribution in [2.45, 2.75) is 39.7 Å². The van der Waals surface area contributed by atoms with Crippen LogP contribution < -0.4 is 11.2 Å². The van der Waals surface area contributed by atoms with Crippen LogP contribution in [0.3, 0.4) is 0 Å². The second kappa shape index (κ2) is 7.99. The molecule has 13 heteroatoms. The van der Waals surface area contributed by atoms with Gasteiger partial charge in [0, 0.05) is 6.54 Å². The van der Waals surface area contributed by atoms with E-state index in [0.717, 1.165) is 0 Å². The predicted molar refractivity (Wildman–Crippen MR) is 89.1 cm³/mol. The molecule has 1 N–H and O–H groups in total. The van der Waals surface area contributed by atoms with Crippen LogP contribution in [0.25, 0.3) is 10.2 Å². The van der Waals surface area contributed by atoms with Gasteiger partial charge < -0.3 is 5.11 Å². The van der Waals surface area contributed by atoms with Crippen molar-refractivity contribution in [2.24, 2.45) is 5.92 Å². The van der Waals surface area contributed by atoms with Crippen LogP contribution in [-0.2, 0) is 17.8 Å². The van der Waals surface area contributed by atoms with Gasteiger partial charge in [-0.2, -0.15) is 0 Å². The van der Waals surface area contributed by atoms with Crippen molar-refractivity contribution < 1.29 is 36.6 Å². The number of carbonyl (C=O) groups is 1. The van der Waals surface area contributed by atoms with E-state index < -0.39 is 63.8 Å². The van der Waals surface area contributed by atoms with Gasteiger partial charge in [0.2, 0.25) is 0 Å². The average molecular weight is 430 g/mol. The molecule has 0 radical (unpaired) electrons. The summed E-state index contributed by atoms with van der Waals surface area (Å²) in [6.45, 7) is 1.35. The summed E-state index contributed by atoms with van der Waals surface area (Å²) < 4.78 is 68.6. The first-order valence-corrected chi connectivity index (χ1v) is 8.69. The number of hydrogen-bond donors (Lipinski definition) is 1. The van der Waals surface area contributed by atoms with Gasteiger partial charge in [0.1, 0.15) is 9.71 Å². The topological polar surface area (TPSA) is 90.5 Å². The van der Waals surface area contributed by atoms with E-state index in [9.17, 15) is 41.4 Å². The highest BCUT2D eigenvalue weighted by atomic mass is 32.1. The van der Waals surface area contributed by atoms with E-state index in [1.165, 1.54) is 0 Å². The van der Waals surface area contributed by atoms with E-state index in [0.29, 0.717) is 9.13 Å². The number of ether oxygens (including phenoxy) is 1. The summed E-state index contributed by atoms with van der Waals surface area (Å²) in [7, 11) is 0. The Hall–Kier alpha value is -2.28. The normalized spacial score (nSPS) is 12.5. The summed E-state index contributed by atoms with van der Waals surface area (Å²) in [5.74, 6) is -2.01. The molecule has 2 rings (SSSR count). The number of halogens is 5. The average Bonchev–Trinajstić information content (AvgIpc) is 2.94. The molecule has 156 valence electrons. The molecule has 0 aliphatic rings. The molecule has 0 bridgehead atoms. The minimum Gasteiger partial charge on any atom is -0.477 e. The molecule has 0 amide bonds. The molecule has 2 aromatic heterocycles. The lowest BCUT2D eigenvalue weighted by Crippen LogP contribution is -2.41. The standard InChI is InChI=1S/C15H15F5N2O5S/c1-6(2)5-22-11(23)8-7(10(16)17)9(13(24)25)28-12(8)21(14(22)26)3-4-27-15(18,19)20/h6,10H,3-5H2,1-2H3,(H,24,25). The molecule has 2 heterocycles. The van der Waals surface area contributed by atoms with Crippen LogP contribution in [0.1, 0.15) is 35.5 Å². The Morgan fingerprint density at radius 1 is 1.21 bits per heavy atom. The van der Waals surface area contributed by atoms with E-state index in [1.54, 1.807) is 13.8 Å². The Kier molecular flexibility index (Phi) is 6.28. The summed E-state index contributed by atoms with van der Waals surface area (Å²) in [6, 6.07) is 0. The zero-order valence-corrected chi connectivity index (χ0v) is 15.4. The van der Waals surface area contributed by atoms with Gasteiger partial charge >= 0.3 is 18.0 Å². The van der Waals surface area contributed by atoms with Gasteiger partial charge in [0.25, 0.3) is 12.0 Å². The van der Waals surface area contributed by atoms with Gasteiger partial charge in [0.05, 0.1) is 24.1 Å². The van der Waals surface area contributed by atoms with Crippen molar-refractivity contribution in [1.82, 2.24) is 9.13 Å². The third-order valence-electron chi connectivity index (χ3n) is 3.63. The third kappa shape index (κ3) is 4.41. The molecule has 0 atom stereocenters. The maximum absolute atomic E-state index is 13.5. The van der Waals surface area contributed by atoms with Crippen LogP contribution in [0, 0.1) is 5.92 Å². The Labute approximate surface area is 157 Å². The molecule has 28 heavy (non-hydrogen) atoms. The summed E-state index contributed by atoms with van der Waals surface area (Å²) in [5.41, 5.74) is -3.20. The minimum atomic E-state index is -4.98. The minimum absolute atomic E-state index is 0.186. The molecule has 0 aliphatic heterocycles. The van der Waals surface area contributed by atoms with Crippen LogP contribution in [0.5, 0.6) is 0 Å². The molecule has 2 aromatic rings. The van der Waals surface area contributed by atoms with Gasteiger partial charge in [-0.25, -0.2) is 18.4 Å². The monoisotopic (exact) mass is 430 g/mol. The van der Waals surface area contributed by atoms with E-state index in [2.05, 4.69) is 4.74 Å². The van der Waals surface area contributed by atoms with Gasteiger partial charge in [-0.1, -0.05) is 13.8 Å². The summed E-state index contributed by atoms with van der Waals surface area (Å²) >= 11 is 0.234. The number of alkyl halides is 5. The van der Waals surface area contributed by atoms with Crippen molar-refractivity contribution >= 4 is 27.5 Å². The van der Waals surface area contributed by atoms with Gasteiger partial charge in [-0.05, 0) is 5.92 Å². The Bertz CT molecular complexity index is 1010. The van der Waals surface area contributed by atoms with Crippen molar-refractivity contribution in [3.63, 3.8) is 0 Å². The maximum atomic E-state index is 13.5. The number of aromatic nitrogens is 2. The highest BCUT2D eigenvalue weighted by Crippen LogP contribution is 2.35. The third-order valence-corrected chi connectivity index (χ3v) is 4.85. The molecule has 0 saturated carbocycles. The lowest BCUT2D eigenvalue weighted by Gasteiger charge is -2.14. The van der Waals surface area contributed by atoms with Gasteiger partial charge in [0.15, 0.2) is 0 Å². The van der Waals surface area contributed by atoms with Crippen molar-refractivity contribution in [3.8, 4) is 0 Å². The number of carboxylic acid groups (broad SMARTS) is 1. The molecule has 7 nitrogen and oxygen atoms in total. The van der Waals surface area contributed by atoms with E-state index in [-0.39, 0.29) is 23.8 Å². The first-order valence-electron chi connectivity index (χ1n) is 7.87. The van der Waals surface area contributed by atoms with E-state index >= 15 is 0 Å². The maximum Gasteiger partial charge on any atom is 0.522 e. The van der Waals surface area contributed by atoms with Crippen molar-refractivity contribution in [1.29, 1.82) is 0 Å². The lowest BCUT2D eigenvalue weighted by atomic mass is 10.2. The second-order valence-electron chi connectivity index (χ2n) is 6.17. The fraction of sp³-hybridized carbons (Fsp3) is 0.533. The van der Waals surface area contributed by atoms with Crippen LogP contribution in [0.15, 0.2) is 9.59 Å². The SMILES string of the molecule is CC(C)Cn1c(=O)c2c(C(F)F)c(C(=O)O)sc2n(CCOC(F)(F)F)c1=O. The zero-order valence-electron chi connectivity index (χ0n) is 14.5. The van der Waals surface area contributed by atoms with Crippen LogP contribution in [0.4, 0.5) is 22.0 Å². The predicted octanol–water partition coefficient (Wildman–Crippen LogP) is 3.05. The zero-order chi connectivity index (χ0) is 21.4. The van der Waals surface area contributed by atoms with Crippen molar-refractivity contribution in [3.05, 3.63) is 31.3 Å². The number of aromatic carboxylic acids is 1. The molecular weight excluding hydrogens is 415 g/mol.